The van der Waals surface area contributed by atoms with Crippen molar-refractivity contribution >= 4 is 33.0 Å². The van der Waals surface area contributed by atoms with Crippen molar-refractivity contribution in [3.63, 3.8) is 0 Å². The zero-order valence-corrected chi connectivity index (χ0v) is 11.5. The highest BCUT2D eigenvalue weighted by Gasteiger charge is 2.10. The van der Waals surface area contributed by atoms with Gasteiger partial charge in [-0.1, -0.05) is 34.1 Å². The predicted molar refractivity (Wildman–Crippen MR) is 77.8 cm³/mol. The van der Waals surface area contributed by atoms with Gasteiger partial charge in [0, 0.05) is 17.2 Å². The lowest BCUT2D eigenvalue weighted by Crippen LogP contribution is -2.13. The van der Waals surface area contributed by atoms with Crippen LogP contribution >= 0.6 is 15.9 Å². The summed E-state index contributed by atoms with van der Waals surface area (Å²) in [5, 5.41) is 0. The first-order valence-electron chi connectivity index (χ1n) is 5.44. The monoisotopic (exact) mass is 290 g/mol. The molecule has 0 aliphatic heterocycles. The van der Waals surface area contributed by atoms with Gasteiger partial charge in [0.1, 0.15) is 0 Å². The second-order valence-electron chi connectivity index (χ2n) is 4.05. The summed E-state index contributed by atoms with van der Waals surface area (Å²) in [4.78, 5) is 2.11. The fraction of sp³-hybridized carbons (Fsp3) is 0.143. The SMILES string of the molecule is Cc1cccc(N)c1N(C)c1cccc(Br)c1. The van der Waals surface area contributed by atoms with Gasteiger partial charge >= 0.3 is 0 Å². The summed E-state index contributed by atoms with van der Waals surface area (Å²) in [7, 11) is 2.03. The number of nitrogens with zero attached hydrogens (tertiary/aromatic N) is 1. The van der Waals surface area contributed by atoms with Crippen LogP contribution in [0.3, 0.4) is 0 Å². The molecule has 2 N–H and O–H groups in total. The Morgan fingerprint density at radius 1 is 1.12 bits per heavy atom. The van der Waals surface area contributed by atoms with Gasteiger partial charge in [-0.15, -0.1) is 0 Å². The van der Waals surface area contributed by atoms with Crippen LogP contribution in [0.2, 0.25) is 0 Å². The van der Waals surface area contributed by atoms with Crippen LogP contribution < -0.4 is 10.6 Å². The second kappa shape index (κ2) is 4.80. The van der Waals surface area contributed by atoms with E-state index in [0.717, 1.165) is 21.5 Å². The zero-order valence-electron chi connectivity index (χ0n) is 9.94. The van der Waals surface area contributed by atoms with E-state index >= 15 is 0 Å². The second-order valence-corrected chi connectivity index (χ2v) is 4.97. The molecule has 2 aromatic carbocycles. The smallest absolute Gasteiger partial charge is 0.0671 e. The van der Waals surface area contributed by atoms with Crippen LogP contribution in [0.5, 0.6) is 0 Å². The molecule has 0 unspecified atom stereocenters. The van der Waals surface area contributed by atoms with Gasteiger partial charge < -0.3 is 10.6 Å². The summed E-state index contributed by atoms with van der Waals surface area (Å²) in [6.45, 7) is 2.07. The van der Waals surface area contributed by atoms with Crippen molar-refractivity contribution in [1.82, 2.24) is 0 Å². The van der Waals surface area contributed by atoms with Gasteiger partial charge in [-0.2, -0.15) is 0 Å². The lowest BCUT2D eigenvalue weighted by Gasteiger charge is -2.23. The van der Waals surface area contributed by atoms with E-state index < -0.39 is 0 Å². The highest BCUT2D eigenvalue weighted by Crippen LogP contribution is 2.32. The number of nitrogens with two attached hydrogens (primary N) is 1. The minimum Gasteiger partial charge on any atom is -0.397 e. The van der Waals surface area contributed by atoms with Crippen LogP contribution in [0, 0.1) is 6.92 Å². The Kier molecular flexibility index (Phi) is 3.38. The maximum atomic E-state index is 6.04. The molecule has 0 aliphatic carbocycles. The number of benzene rings is 2. The molecular weight excluding hydrogens is 276 g/mol. The average molecular weight is 291 g/mol. The van der Waals surface area contributed by atoms with Crippen molar-refractivity contribution < 1.29 is 0 Å². The topological polar surface area (TPSA) is 29.3 Å². The molecule has 0 fully saturated rings. The molecule has 0 saturated heterocycles. The van der Waals surface area contributed by atoms with E-state index in [-0.39, 0.29) is 0 Å². The number of hydrogen-bond donors (Lipinski definition) is 1. The predicted octanol–water partition coefficient (Wildman–Crippen LogP) is 4.11. The third kappa shape index (κ3) is 2.44. The zero-order chi connectivity index (χ0) is 12.4. The molecule has 88 valence electrons. The third-order valence-corrected chi connectivity index (χ3v) is 3.29. The van der Waals surface area contributed by atoms with Crippen molar-refractivity contribution in [3.8, 4) is 0 Å². The van der Waals surface area contributed by atoms with Crippen molar-refractivity contribution in [2.24, 2.45) is 0 Å². The van der Waals surface area contributed by atoms with Gasteiger partial charge in [-0.3, -0.25) is 0 Å². The summed E-state index contributed by atoms with van der Waals surface area (Å²) in [6, 6.07) is 14.1. The standard InChI is InChI=1S/C14H15BrN2/c1-10-5-3-8-13(16)14(10)17(2)12-7-4-6-11(15)9-12/h3-9H,16H2,1-2H3. The maximum absolute atomic E-state index is 6.04. The molecule has 2 nitrogen and oxygen atoms in total. The van der Waals surface area contributed by atoms with Crippen molar-refractivity contribution in [2.75, 3.05) is 17.7 Å². The molecule has 0 aliphatic rings. The van der Waals surface area contributed by atoms with E-state index in [1.165, 1.54) is 5.56 Å². The summed E-state index contributed by atoms with van der Waals surface area (Å²) >= 11 is 3.48. The van der Waals surface area contributed by atoms with Gasteiger partial charge in [0.25, 0.3) is 0 Å². The molecule has 17 heavy (non-hydrogen) atoms. The maximum Gasteiger partial charge on any atom is 0.0671 e. The van der Waals surface area contributed by atoms with Crippen LogP contribution in [0.25, 0.3) is 0 Å². The number of anilines is 3. The van der Waals surface area contributed by atoms with Gasteiger partial charge in [-0.05, 0) is 36.8 Å². The van der Waals surface area contributed by atoms with Gasteiger partial charge in [-0.25, -0.2) is 0 Å². The van der Waals surface area contributed by atoms with Crippen LogP contribution in [0.1, 0.15) is 5.56 Å². The number of para-hydroxylation sites is 1. The van der Waals surface area contributed by atoms with Gasteiger partial charge in [0.2, 0.25) is 0 Å². The quantitative estimate of drug-likeness (QED) is 0.844. The van der Waals surface area contributed by atoms with Crippen molar-refractivity contribution in [1.29, 1.82) is 0 Å². The first-order valence-corrected chi connectivity index (χ1v) is 6.23. The van der Waals surface area contributed by atoms with Gasteiger partial charge in [0.05, 0.1) is 11.4 Å². The van der Waals surface area contributed by atoms with E-state index in [4.69, 9.17) is 5.73 Å². The minimum absolute atomic E-state index is 0.799. The Labute approximate surface area is 110 Å². The Bertz CT molecular complexity index is 517. The first-order chi connectivity index (χ1) is 8.09. The molecule has 2 aromatic rings. The third-order valence-electron chi connectivity index (χ3n) is 2.80. The fourth-order valence-corrected chi connectivity index (χ4v) is 2.34. The molecule has 0 spiro atoms. The number of halogens is 1. The molecule has 0 saturated carbocycles. The Hall–Kier alpha value is -1.48. The molecule has 0 aromatic heterocycles. The number of aryl methyl sites for hydroxylation is 1. The molecule has 0 atom stereocenters. The molecule has 0 bridgehead atoms. The summed E-state index contributed by atoms with van der Waals surface area (Å²) in [5.41, 5.74) is 10.2. The summed E-state index contributed by atoms with van der Waals surface area (Å²) < 4.78 is 1.06. The molecular formula is C14H15BrN2. The number of hydrogen-bond acceptors (Lipinski definition) is 2. The first kappa shape index (κ1) is 12.0. The molecule has 2 rings (SSSR count). The summed E-state index contributed by atoms with van der Waals surface area (Å²) in [6.07, 6.45) is 0. The highest BCUT2D eigenvalue weighted by molar-refractivity contribution is 9.10. The normalized spacial score (nSPS) is 10.3. The Morgan fingerprint density at radius 3 is 2.47 bits per heavy atom. The van der Waals surface area contributed by atoms with Crippen molar-refractivity contribution in [2.45, 2.75) is 6.92 Å². The van der Waals surface area contributed by atoms with Crippen molar-refractivity contribution in [3.05, 3.63) is 52.5 Å². The van der Waals surface area contributed by atoms with E-state index in [1.807, 2.05) is 31.3 Å². The van der Waals surface area contributed by atoms with Crippen LogP contribution in [-0.4, -0.2) is 7.05 Å². The average Bonchev–Trinajstić information content (AvgIpc) is 2.28. The van der Waals surface area contributed by atoms with Gasteiger partial charge in [0.15, 0.2) is 0 Å². The molecule has 3 heteroatoms. The Balaban J connectivity index is 2.47. The minimum atomic E-state index is 0.799. The van der Waals surface area contributed by atoms with Crippen LogP contribution in [0.15, 0.2) is 46.9 Å². The van der Waals surface area contributed by atoms with Crippen LogP contribution in [-0.2, 0) is 0 Å². The van der Waals surface area contributed by atoms with E-state index in [2.05, 4.69) is 46.0 Å². The molecule has 0 heterocycles. The van der Waals surface area contributed by atoms with E-state index in [0.29, 0.717) is 0 Å². The highest BCUT2D eigenvalue weighted by atomic mass is 79.9. The van der Waals surface area contributed by atoms with E-state index in [9.17, 15) is 0 Å². The molecule has 0 amide bonds. The fourth-order valence-electron chi connectivity index (χ4n) is 1.95. The van der Waals surface area contributed by atoms with E-state index in [1.54, 1.807) is 0 Å². The lowest BCUT2D eigenvalue weighted by atomic mass is 10.1. The lowest BCUT2D eigenvalue weighted by molar-refractivity contribution is 1.19. The molecule has 0 radical (unpaired) electrons. The summed E-state index contributed by atoms with van der Waals surface area (Å²) in [5.74, 6) is 0. The van der Waals surface area contributed by atoms with Crippen LogP contribution in [0.4, 0.5) is 17.1 Å². The largest absolute Gasteiger partial charge is 0.397 e. The Morgan fingerprint density at radius 2 is 1.82 bits per heavy atom. The number of rotatable bonds is 2. The number of nitrogen functional groups attached to an aromatic ring is 1.